The normalized spacial score (nSPS) is 13.6. The summed E-state index contributed by atoms with van der Waals surface area (Å²) in [4.78, 5) is 11.7. The van der Waals surface area contributed by atoms with Crippen molar-refractivity contribution < 1.29 is 9.90 Å². The molecule has 6 heteroatoms. The summed E-state index contributed by atoms with van der Waals surface area (Å²) in [6.45, 7) is 1.91. The third-order valence-electron chi connectivity index (χ3n) is 5.32. The molecule has 1 fully saturated rings. The molecular weight excluding hydrogens is 364 g/mol. The second-order valence-electron chi connectivity index (χ2n) is 7.50. The van der Waals surface area contributed by atoms with Crippen molar-refractivity contribution >= 4 is 28.2 Å². The van der Waals surface area contributed by atoms with Gasteiger partial charge in [-0.15, -0.1) is 5.10 Å². The molecule has 0 atom stereocenters. The Kier molecular flexibility index (Phi) is 4.05. The van der Waals surface area contributed by atoms with Crippen LogP contribution in [0.3, 0.4) is 0 Å². The fourth-order valence-corrected chi connectivity index (χ4v) is 3.61. The Balaban J connectivity index is 1.47. The Bertz CT molecular complexity index is 1220. The number of carboxylic acids is 1. The highest BCUT2D eigenvalue weighted by molar-refractivity contribution is 5.96. The van der Waals surface area contributed by atoms with Crippen molar-refractivity contribution in [2.24, 2.45) is 0 Å². The van der Waals surface area contributed by atoms with E-state index in [-0.39, 0.29) is 0 Å². The Morgan fingerprint density at radius 2 is 1.93 bits per heavy atom. The first-order chi connectivity index (χ1) is 14.1. The lowest BCUT2D eigenvalue weighted by Gasteiger charge is -2.12. The highest BCUT2D eigenvalue weighted by atomic mass is 16.4. The SMILES string of the molecule is Cc1ccc(-n2ccc3cc(Nc4ccc(C5CC5)cc4C(=O)O)ccc32)nn1. The van der Waals surface area contributed by atoms with Gasteiger partial charge in [-0.3, -0.25) is 4.57 Å². The number of nitrogens with one attached hydrogen (secondary N) is 1. The number of aromatic carboxylic acids is 1. The predicted molar refractivity (Wildman–Crippen MR) is 112 cm³/mol. The van der Waals surface area contributed by atoms with Crippen molar-refractivity contribution in [2.75, 3.05) is 5.32 Å². The van der Waals surface area contributed by atoms with Crippen LogP contribution in [0.4, 0.5) is 11.4 Å². The van der Waals surface area contributed by atoms with Crippen LogP contribution in [0.5, 0.6) is 0 Å². The number of aryl methyl sites for hydroxylation is 1. The zero-order chi connectivity index (χ0) is 20.0. The molecular formula is C23H20N4O2. The Morgan fingerprint density at radius 1 is 1.07 bits per heavy atom. The molecule has 0 aliphatic heterocycles. The van der Waals surface area contributed by atoms with Crippen molar-refractivity contribution in [1.29, 1.82) is 0 Å². The molecule has 0 radical (unpaired) electrons. The first-order valence-electron chi connectivity index (χ1n) is 9.64. The summed E-state index contributed by atoms with van der Waals surface area (Å²) < 4.78 is 1.98. The van der Waals surface area contributed by atoms with Crippen molar-refractivity contribution in [3.8, 4) is 5.82 Å². The Morgan fingerprint density at radius 3 is 2.66 bits per heavy atom. The third kappa shape index (κ3) is 3.33. The molecule has 1 aliphatic rings. The molecule has 0 unspecified atom stereocenters. The highest BCUT2D eigenvalue weighted by Crippen LogP contribution is 2.41. The molecule has 2 aromatic carbocycles. The van der Waals surface area contributed by atoms with E-state index in [0.29, 0.717) is 17.2 Å². The second-order valence-corrected chi connectivity index (χ2v) is 7.50. The maximum absolute atomic E-state index is 11.7. The lowest BCUT2D eigenvalue weighted by molar-refractivity contribution is 0.0698. The lowest BCUT2D eigenvalue weighted by atomic mass is 10.0. The van der Waals surface area contributed by atoms with Crippen LogP contribution in [0.2, 0.25) is 0 Å². The van der Waals surface area contributed by atoms with Gasteiger partial charge >= 0.3 is 5.97 Å². The number of carbonyl (C=O) groups is 1. The van der Waals surface area contributed by atoms with Gasteiger partial charge in [0.2, 0.25) is 0 Å². The monoisotopic (exact) mass is 384 g/mol. The topological polar surface area (TPSA) is 80.0 Å². The van der Waals surface area contributed by atoms with Gasteiger partial charge in [-0.05, 0) is 79.8 Å². The molecule has 5 rings (SSSR count). The zero-order valence-electron chi connectivity index (χ0n) is 16.0. The zero-order valence-corrected chi connectivity index (χ0v) is 16.0. The van der Waals surface area contributed by atoms with Crippen LogP contribution in [-0.4, -0.2) is 25.8 Å². The van der Waals surface area contributed by atoms with Crippen LogP contribution >= 0.6 is 0 Å². The Hall–Kier alpha value is -3.67. The fraction of sp³-hybridized carbons (Fsp3) is 0.174. The second kappa shape index (κ2) is 6.74. The van der Waals surface area contributed by atoms with Gasteiger partial charge < -0.3 is 10.4 Å². The van der Waals surface area contributed by atoms with Crippen molar-refractivity contribution in [3.05, 3.63) is 77.6 Å². The summed E-state index contributed by atoms with van der Waals surface area (Å²) in [5.41, 5.74) is 4.74. The third-order valence-corrected chi connectivity index (χ3v) is 5.32. The standard InChI is InChI=1S/C23H20N4O2/c1-14-2-9-22(26-25-14)27-11-10-17-12-18(6-8-21(17)27)24-20-7-5-16(15-3-4-15)13-19(20)23(28)29/h2,5-13,15,24H,3-4H2,1H3,(H,28,29). The summed E-state index contributed by atoms with van der Waals surface area (Å²) in [6, 6.07) is 17.5. The van der Waals surface area contributed by atoms with Crippen LogP contribution in [0.25, 0.3) is 16.7 Å². The molecule has 0 spiro atoms. The maximum atomic E-state index is 11.7. The van der Waals surface area contributed by atoms with Gasteiger partial charge in [0, 0.05) is 17.3 Å². The van der Waals surface area contributed by atoms with Gasteiger partial charge in [0.15, 0.2) is 5.82 Å². The van der Waals surface area contributed by atoms with Gasteiger partial charge in [-0.25, -0.2) is 4.79 Å². The van der Waals surface area contributed by atoms with Crippen LogP contribution in [0.1, 0.15) is 40.4 Å². The minimum Gasteiger partial charge on any atom is -0.478 e. The maximum Gasteiger partial charge on any atom is 0.337 e. The lowest BCUT2D eigenvalue weighted by Crippen LogP contribution is -2.04. The van der Waals surface area contributed by atoms with Gasteiger partial charge in [-0.2, -0.15) is 5.10 Å². The number of fused-ring (bicyclic) bond motifs is 1. The molecule has 2 aromatic heterocycles. The number of aromatic nitrogens is 3. The van der Waals surface area contributed by atoms with E-state index < -0.39 is 5.97 Å². The number of hydrogen-bond acceptors (Lipinski definition) is 4. The van der Waals surface area contributed by atoms with Crippen LogP contribution in [0.15, 0.2) is 60.8 Å². The summed E-state index contributed by atoms with van der Waals surface area (Å²) in [6.07, 6.45) is 4.25. The van der Waals surface area contributed by atoms with Gasteiger partial charge in [0.05, 0.1) is 22.5 Å². The molecule has 144 valence electrons. The summed E-state index contributed by atoms with van der Waals surface area (Å²) >= 11 is 0. The molecule has 0 bridgehead atoms. The number of nitrogens with zero attached hydrogens (tertiary/aromatic N) is 3. The van der Waals surface area contributed by atoms with Crippen LogP contribution < -0.4 is 5.32 Å². The first-order valence-corrected chi connectivity index (χ1v) is 9.64. The van der Waals surface area contributed by atoms with Crippen molar-refractivity contribution in [1.82, 2.24) is 14.8 Å². The molecule has 29 heavy (non-hydrogen) atoms. The quantitative estimate of drug-likeness (QED) is 0.503. The molecule has 2 heterocycles. The van der Waals surface area contributed by atoms with E-state index in [0.717, 1.165) is 46.5 Å². The Labute approximate surface area is 167 Å². The van der Waals surface area contributed by atoms with Gasteiger partial charge in [-0.1, -0.05) is 6.07 Å². The van der Waals surface area contributed by atoms with E-state index in [1.54, 1.807) is 6.07 Å². The first kappa shape index (κ1) is 17.4. The van der Waals surface area contributed by atoms with Gasteiger partial charge in [0.1, 0.15) is 0 Å². The number of rotatable bonds is 5. The molecule has 6 nitrogen and oxygen atoms in total. The molecule has 1 aliphatic carbocycles. The fourth-order valence-electron chi connectivity index (χ4n) is 3.61. The summed E-state index contributed by atoms with van der Waals surface area (Å²) in [7, 11) is 0. The van der Waals surface area contributed by atoms with Gasteiger partial charge in [0.25, 0.3) is 0 Å². The molecule has 0 saturated heterocycles. The largest absolute Gasteiger partial charge is 0.478 e. The number of anilines is 2. The van der Waals surface area contributed by atoms with Crippen molar-refractivity contribution in [3.63, 3.8) is 0 Å². The van der Waals surface area contributed by atoms with E-state index in [9.17, 15) is 9.90 Å². The average Bonchev–Trinajstić information content (AvgIpc) is 3.48. The molecule has 2 N–H and O–H groups in total. The molecule has 0 amide bonds. The van der Waals surface area contributed by atoms with Crippen molar-refractivity contribution in [2.45, 2.75) is 25.7 Å². The average molecular weight is 384 g/mol. The minimum absolute atomic E-state index is 0.307. The molecule has 4 aromatic rings. The number of benzene rings is 2. The summed E-state index contributed by atoms with van der Waals surface area (Å²) in [5, 5.41) is 22.3. The molecule has 1 saturated carbocycles. The van der Waals surface area contributed by atoms with E-state index in [2.05, 4.69) is 15.5 Å². The highest BCUT2D eigenvalue weighted by Gasteiger charge is 2.25. The number of hydrogen-bond donors (Lipinski definition) is 2. The van der Waals surface area contributed by atoms with E-state index in [1.165, 1.54) is 0 Å². The predicted octanol–water partition coefficient (Wildman–Crippen LogP) is 5.05. The van der Waals surface area contributed by atoms with E-state index in [1.807, 2.05) is 66.2 Å². The van der Waals surface area contributed by atoms with E-state index >= 15 is 0 Å². The van der Waals surface area contributed by atoms with E-state index in [4.69, 9.17) is 0 Å². The number of carboxylic acid groups (broad SMARTS) is 1. The van der Waals surface area contributed by atoms with Crippen LogP contribution in [-0.2, 0) is 0 Å². The minimum atomic E-state index is -0.917. The smallest absolute Gasteiger partial charge is 0.337 e. The summed E-state index contributed by atoms with van der Waals surface area (Å²) in [5.74, 6) is 0.360. The van der Waals surface area contributed by atoms with Crippen LogP contribution in [0, 0.1) is 6.92 Å².